The summed E-state index contributed by atoms with van der Waals surface area (Å²) in [5.41, 5.74) is 1.09. The van der Waals surface area contributed by atoms with Crippen LogP contribution < -0.4 is 5.32 Å². The standard InChI is InChI=1S/C11H10BrN3S2/c12-9-1-3-16-10(9)6-13-5-8-7-15-2-4-17-11(15)14-8/h1-4,7,13H,5-6H2. The number of fused-ring (bicyclic) bond motifs is 1. The number of nitrogens with one attached hydrogen (secondary N) is 1. The lowest BCUT2D eigenvalue weighted by Gasteiger charge is -2.00. The van der Waals surface area contributed by atoms with Crippen molar-refractivity contribution in [3.8, 4) is 0 Å². The molecule has 88 valence electrons. The van der Waals surface area contributed by atoms with Gasteiger partial charge in [0.1, 0.15) is 0 Å². The van der Waals surface area contributed by atoms with Crippen LogP contribution in [0.25, 0.3) is 4.96 Å². The average Bonchev–Trinajstić information content (AvgIpc) is 2.95. The fourth-order valence-electron chi connectivity index (χ4n) is 1.62. The lowest BCUT2D eigenvalue weighted by Crippen LogP contribution is -2.12. The summed E-state index contributed by atoms with van der Waals surface area (Å²) < 4.78 is 3.24. The Morgan fingerprint density at radius 3 is 3.00 bits per heavy atom. The smallest absolute Gasteiger partial charge is 0.193 e. The monoisotopic (exact) mass is 327 g/mol. The van der Waals surface area contributed by atoms with Crippen LogP contribution in [-0.2, 0) is 13.1 Å². The molecule has 3 heterocycles. The maximum atomic E-state index is 4.52. The number of hydrogen-bond donors (Lipinski definition) is 1. The molecule has 3 nitrogen and oxygen atoms in total. The van der Waals surface area contributed by atoms with Gasteiger partial charge in [0.25, 0.3) is 0 Å². The van der Waals surface area contributed by atoms with Gasteiger partial charge in [-0.3, -0.25) is 4.40 Å². The van der Waals surface area contributed by atoms with Crippen molar-refractivity contribution in [2.45, 2.75) is 13.1 Å². The maximum Gasteiger partial charge on any atom is 0.193 e. The molecular formula is C11H10BrN3S2. The Kier molecular flexibility index (Phi) is 3.28. The first-order valence-electron chi connectivity index (χ1n) is 5.16. The Balaban J connectivity index is 1.61. The van der Waals surface area contributed by atoms with Crippen molar-refractivity contribution in [1.82, 2.24) is 14.7 Å². The van der Waals surface area contributed by atoms with Gasteiger partial charge in [0.2, 0.25) is 0 Å². The molecule has 0 aliphatic carbocycles. The van der Waals surface area contributed by atoms with Crippen LogP contribution in [0, 0.1) is 0 Å². The largest absolute Gasteiger partial charge is 0.306 e. The van der Waals surface area contributed by atoms with Gasteiger partial charge >= 0.3 is 0 Å². The van der Waals surface area contributed by atoms with Gasteiger partial charge in [0.05, 0.1) is 5.69 Å². The Hall–Kier alpha value is -0.690. The van der Waals surface area contributed by atoms with Gasteiger partial charge in [-0.05, 0) is 27.4 Å². The number of halogens is 1. The van der Waals surface area contributed by atoms with E-state index in [0.29, 0.717) is 0 Å². The molecule has 0 atom stereocenters. The quantitative estimate of drug-likeness (QED) is 0.794. The third kappa shape index (κ3) is 2.44. The second kappa shape index (κ2) is 4.89. The molecule has 3 rings (SSSR count). The summed E-state index contributed by atoms with van der Waals surface area (Å²) in [5, 5.41) is 7.54. The van der Waals surface area contributed by atoms with Gasteiger partial charge in [-0.15, -0.1) is 22.7 Å². The zero-order valence-corrected chi connectivity index (χ0v) is 12.1. The van der Waals surface area contributed by atoms with E-state index in [9.17, 15) is 0 Å². The van der Waals surface area contributed by atoms with Crippen LogP contribution in [0.4, 0.5) is 0 Å². The van der Waals surface area contributed by atoms with Crippen LogP contribution >= 0.6 is 38.6 Å². The van der Waals surface area contributed by atoms with Crippen molar-refractivity contribution in [3.05, 3.63) is 44.3 Å². The van der Waals surface area contributed by atoms with Gasteiger partial charge in [0, 0.05) is 40.2 Å². The van der Waals surface area contributed by atoms with Gasteiger partial charge in [-0.2, -0.15) is 0 Å². The van der Waals surface area contributed by atoms with Crippen molar-refractivity contribution in [3.63, 3.8) is 0 Å². The topological polar surface area (TPSA) is 29.3 Å². The third-order valence-corrected chi connectivity index (χ3v) is 5.12. The first-order valence-corrected chi connectivity index (χ1v) is 7.72. The molecule has 0 aliphatic rings. The number of rotatable bonds is 4. The van der Waals surface area contributed by atoms with Crippen LogP contribution in [-0.4, -0.2) is 9.38 Å². The lowest BCUT2D eigenvalue weighted by molar-refractivity contribution is 0.688. The first-order chi connectivity index (χ1) is 8.33. The Labute approximate surface area is 115 Å². The van der Waals surface area contributed by atoms with E-state index in [-0.39, 0.29) is 0 Å². The minimum absolute atomic E-state index is 0.804. The lowest BCUT2D eigenvalue weighted by atomic mass is 10.4. The summed E-state index contributed by atoms with van der Waals surface area (Å²) in [6.45, 7) is 1.68. The number of thiazole rings is 1. The van der Waals surface area contributed by atoms with E-state index in [2.05, 4.69) is 48.3 Å². The molecule has 0 aliphatic heterocycles. The highest BCUT2D eigenvalue weighted by Crippen LogP contribution is 2.22. The summed E-state index contributed by atoms with van der Waals surface area (Å²) in [7, 11) is 0. The molecule has 0 bridgehead atoms. The van der Waals surface area contributed by atoms with Crippen molar-refractivity contribution in [2.24, 2.45) is 0 Å². The fourth-order valence-corrected chi connectivity index (χ4v) is 3.80. The molecule has 0 fully saturated rings. The van der Waals surface area contributed by atoms with Crippen LogP contribution in [0.1, 0.15) is 10.6 Å². The Morgan fingerprint density at radius 1 is 1.29 bits per heavy atom. The van der Waals surface area contributed by atoms with E-state index < -0.39 is 0 Å². The molecule has 6 heteroatoms. The summed E-state index contributed by atoms with van der Waals surface area (Å²) in [4.78, 5) is 6.90. The SMILES string of the molecule is Brc1ccsc1CNCc1cn2ccsc2n1. The summed E-state index contributed by atoms with van der Waals surface area (Å²) >= 11 is 6.95. The van der Waals surface area contributed by atoms with Crippen LogP contribution in [0.15, 0.2) is 33.7 Å². The van der Waals surface area contributed by atoms with Crippen LogP contribution in [0.3, 0.4) is 0 Å². The van der Waals surface area contributed by atoms with E-state index >= 15 is 0 Å². The van der Waals surface area contributed by atoms with Gasteiger partial charge in [0.15, 0.2) is 4.96 Å². The molecule has 0 aromatic carbocycles. The molecule has 0 saturated heterocycles. The highest BCUT2D eigenvalue weighted by Gasteiger charge is 2.03. The molecule has 17 heavy (non-hydrogen) atoms. The normalized spacial score (nSPS) is 11.4. The number of hydrogen-bond acceptors (Lipinski definition) is 4. The van der Waals surface area contributed by atoms with Gasteiger partial charge < -0.3 is 5.32 Å². The molecule has 0 amide bonds. The number of imidazole rings is 1. The van der Waals surface area contributed by atoms with Crippen LogP contribution in [0.2, 0.25) is 0 Å². The van der Waals surface area contributed by atoms with Gasteiger partial charge in [-0.1, -0.05) is 0 Å². The molecule has 3 aromatic rings. The number of aromatic nitrogens is 2. The van der Waals surface area contributed by atoms with E-state index in [1.54, 1.807) is 22.7 Å². The fraction of sp³-hybridized carbons (Fsp3) is 0.182. The third-order valence-electron chi connectivity index (χ3n) is 2.43. The van der Waals surface area contributed by atoms with E-state index in [0.717, 1.165) is 23.7 Å². The van der Waals surface area contributed by atoms with Gasteiger partial charge in [-0.25, -0.2) is 4.98 Å². The molecule has 0 radical (unpaired) electrons. The minimum atomic E-state index is 0.804. The molecule has 0 saturated carbocycles. The second-order valence-electron chi connectivity index (χ2n) is 3.62. The van der Waals surface area contributed by atoms with Crippen molar-refractivity contribution in [2.75, 3.05) is 0 Å². The Bertz CT molecular complexity index is 597. The van der Waals surface area contributed by atoms with Crippen molar-refractivity contribution >= 4 is 43.6 Å². The highest BCUT2D eigenvalue weighted by atomic mass is 79.9. The molecule has 0 unspecified atom stereocenters. The van der Waals surface area contributed by atoms with E-state index in [1.165, 1.54) is 9.35 Å². The summed E-state index contributed by atoms with van der Waals surface area (Å²) in [5.74, 6) is 0. The zero-order chi connectivity index (χ0) is 11.7. The Morgan fingerprint density at radius 2 is 2.24 bits per heavy atom. The van der Waals surface area contributed by atoms with Crippen LogP contribution in [0.5, 0.6) is 0 Å². The summed E-state index contributed by atoms with van der Waals surface area (Å²) in [6.07, 6.45) is 4.11. The molecule has 0 spiro atoms. The number of nitrogens with zero attached hydrogens (tertiary/aromatic N) is 2. The summed E-state index contributed by atoms with van der Waals surface area (Å²) in [6, 6.07) is 2.08. The predicted molar refractivity (Wildman–Crippen MR) is 75.6 cm³/mol. The molecular weight excluding hydrogens is 318 g/mol. The second-order valence-corrected chi connectivity index (χ2v) is 6.35. The zero-order valence-electron chi connectivity index (χ0n) is 8.89. The molecule has 1 N–H and O–H groups in total. The first kappa shape index (κ1) is 11.4. The van der Waals surface area contributed by atoms with E-state index in [1.807, 2.05) is 11.6 Å². The van der Waals surface area contributed by atoms with Crippen molar-refractivity contribution < 1.29 is 0 Å². The van der Waals surface area contributed by atoms with E-state index in [4.69, 9.17) is 0 Å². The maximum absolute atomic E-state index is 4.52. The number of thiophene rings is 1. The molecule has 3 aromatic heterocycles. The predicted octanol–water partition coefficient (Wildman–Crippen LogP) is 3.51. The average molecular weight is 328 g/mol. The highest BCUT2D eigenvalue weighted by molar-refractivity contribution is 9.10. The van der Waals surface area contributed by atoms with Crippen molar-refractivity contribution in [1.29, 1.82) is 0 Å². The minimum Gasteiger partial charge on any atom is -0.306 e.